The molecule has 11 N–H and O–H groups in total. The first-order chi connectivity index (χ1) is 34.1. The molecule has 410 valence electrons. The molecule has 4 bridgehead atoms. The van der Waals surface area contributed by atoms with Crippen LogP contribution in [0.2, 0.25) is 0 Å². The van der Waals surface area contributed by atoms with E-state index in [9.17, 15) is 65.1 Å². The first-order valence-corrected chi connectivity index (χ1v) is 25.9. The molecule has 22 nitrogen and oxygen atoms in total. The van der Waals surface area contributed by atoms with Crippen LogP contribution in [0.4, 0.5) is 0 Å². The molecule has 14 atom stereocenters. The number of aliphatic hydroxyl groups is 6. The third-order valence-corrected chi connectivity index (χ3v) is 18.2. The van der Waals surface area contributed by atoms with Gasteiger partial charge >= 0.3 is 28.3 Å². The molecule has 7 aliphatic rings. The quantitative estimate of drug-likeness (QED) is 0.0624. The number of fused-ring (bicyclic) bond motifs is 5. The highest BCUT2D eigenvalue weighted by Crippen LogP contribution is 2.78. The lowest BCUT2D eigenvalue weighted by atomic mass is 9.49. The molecule has 2 aromatic carbocycles. The molecule has 3 saturated heterocycles. The summed E-state index contributed by atoms with van der Waals surface area (Å²) in [7, 11) is -3.35. The zero-order valence-electron chi connectivity index (χ0n) is 42.8. The number of phenols is 2. The third kappa shape index (κ3) is 8.41. The second-order valence-electron chi connectivity index (χ2n) is 22.0. The number of rotatable bonds is 7. The maximum atomic E-state index is 12.9. The number of nitrogens with zero attached hydrogens (tertiary/aromatic N) is 1. The normalized spacial score (nSPS) is 38.8. The number of methoxy groups -OCH3 is 1. The second kappa shape index (κ2) is 19.0. The predicted molar refractivity (Wildman–Crippen MR) is 258 cm³/mol. The van der Waals surface area contributed by atoms with E-state index < -0.39 is 109 Å². The number of aryl methyl sites for hydroxylation is 2. The number of carboxylic acids is 1. The minimum Gasteiger partial charge on any atom is -0.507 e. The summed E-state index contributed by atoms with van der Waals surface area (Å²) in [5, 5.41) is 103. The van der Waals surface area contributed by atoms with E-state index in [2.05, 4.69) is 11.8 Å². The fourth-order valence-electron chi connectivity index (χ4n) is 14.5. The molecule has 3 heterocycles. The van der Waals surface area contributed by atoms with E-state index >= 15 is 0 Å². The number of benzene rings is 2. The van der Waals surface area contributed by atoms with Gasteiger partial charge in [0.05, 0.1) is 24.4 Å². The maximum Gasteiger partial charge on any atom is 0.394 e. The number of hydrogen-bond acceptors (Lipinski definition) is 19. The summed E-state index contributed by atoms with van der Waals surface area (Å²) in [6.45, 7) is 14.4. The molecule has 0 radical (unpaired) electrons. The minimum atomic E-state index is -4.67. The number of aromatic carboxylic acids is 1. The lowest BCUT2D eigenvalue weighted by molar-refractivity contribution is -0.354. The summed E-state index contributed by atoms with van der Waals surface area (Å²) >= 11 is 0. The van der Waals surface area contributed by atoms with E-state index in [0.29, 0.717) is 62.0 Å². The number of aromatic hydroxyl groups is 2. The first-order valence-electron chi connectivity index (χ1n) is 24.5. The van der Waals surface area contributed by atoms with Gasteiger partial charge < -0.3 is 64.9 Å². The number of ether oxygens (including phenoxy) is 4. The zero-order chi connectivity index (χ0) is 55.4. The summed E-state index contributed by atoms with van der Waals surface area (Å²) in [6.07, 6.45) is 2.65. The molecule has 0 amide bonds. The number of phenolic OH excluding ortho intramolecular Hbond substituents is 1. The van der Waals surface area contributed by atoms with Crippen LogP contribution in [0.1, 0.15) is 134 Å². The standard InChI is InChI=1S/C32H49NO9.C19H18O8.H2O4S/c1-6-18(3)25(35)41-24-11-12-26(4)19-8-9-20-28(37)13-23(34)31(39)21(29(28,38)16-30(20,26)42-32(19,24)40)15-33-14-17(2)7-10-22(33)27(31,5)36;1-8-5-13(26-4)11(7-20)17(22)14(8)19(25)27-12-6-9(2)16(21)15(10(12)3)18(23)24;1-5(2,3)4/h6,17,19-24,34,36-40H,7-16H2,1-5H3;5-7,21-22H,1-4H3,(H,23,24);(H2,1,2,3,4). The van der Waals surface area contributed by atoms with Crippen molar-refractivity contribution in [3.8, 4) is 23.0 Å². The third-order valence-electron chi connectivity index (χ3n) is 18.2. The van der Waals surface area contributed by atoms with E-state index in [0.717, 1.165) is 6.42 Å². The van der Waals surface area contributed by atoms with Gasteiger partial charge in [-0.25, -0.2) is 14.4 Å². The molecule has 4 saturated carbocycles. The van der Waals surface area contributed by atoms with Crippen molar-refractivity contribution in [1.82, 2.24) is 4.90 Å². The summed E-state index contributed by atoms with van der Waals surface area (Å²) in [4.78, 5) is 50.1. The Morgan fingerprint density at radius 2 is 1.46 bits per heavy atom. The number of carbonyl (C=O) groups is 4. The number of carbonyl (C=O) groups excluding carboxylic acids is 3. The number of piperidine rings is 2. The topological polar surface area (TPSA) is 365 Å². The molecule has 23 heteroatoms. The van der Waals surface area contributed by atoms with Crippen molar-refractivity contribution < 1.29 is 102 Å². The fraction of sp³-hybridized carbons (Fsp3) is 0.647. The van der Waals surface area contributed by atoms with Crippen molar-refractivity contribution in [2.75, 3.05) is 20.2 Å². The van der Waals surface area contributed by atoms with Crippen molar-refractivity contribution in [2.45, 2.75) is 159 Å². The average molecular weight is 1060 g/mol. The summed E-state index contributed by atoms with van der Waals surface area (Å²) in [6, 6.07) is 2.32. The smallest absolute Gasteiger partial charge is 0.394 e. The van der Waals surface area contributed by atoms with Crippen molar-refractivity contribution in [3.05, 3.63) is 57.2 Å². The Morgan fingerprint density at radius 3 is 2.04 bits per heavy atom. The number of allylic oxidation sites excluding steroid dienone is 1. The molecular weight excluding hydrogens is 995 g/mol. The highest BCUT2D eigenvalue weighted by Gasteiger charge is 2.89. The minimum absolute atomic E-state index is 0.0419. The predicted octanol–water partition coefficient (Wildman–Crippen LogP) is 3.10. The van der Waals surface area contributed by atoms with Gasteiger partial charge in [-0.05, 0) is 109 Å². The van der Waals surface area contributed by atoms with E-state index in [4.69, 9.17) is 36.5 Å². The Morgan fingerprint density at radius 1 is 0.851 bits per heavy atom. The Balaban J connectivity index is 0.000000215. The monoisotopic (exact) mass is 1060 g/mol. The van der Waals surface area contributed by atoms with Crippen molar-refractivity contribution >= 4 is 34.6 Å². The molecule has 0 aromatic heterocycles. The first kappa shape index (κ1) is 56.9. The van der Waals surface area contributed by atoms with Gasteiger partial charge in [0, 0.05) is 66.3 Å². The lowest BCUT2D eigenvalue weighted by Crippen LogP contribution is -2.85. The SMILES string of the molecule is CC=C(C)C(=O)OC1CCC2(C)C3CCC4C5(O)CC(O)C6(O)C(CN7CC(C)CCC7C6(C)O)C5(O)CC42OC13O.COc1cc(C)c(C(=O)Oc2cc(C)c(O)c(C(=O)O)c2C)c(O)c1C=O.O=S(=O)(O)O. The Hall–Kier alpha value is -4.79. The van der Waals surface area contributed by atoms with Gasteiger partial charge in [0.15, 0.2) is 12.4 Å². The van der Waals surface area contributed by atoms with Gasteiger partial charge in [0.25, 0.3) is 0 Å². The molecular formula is C51H69NO21S. The largest absolute Gasteiger partial charge is 0.507 e. The summed E-state index contributed by atoms with van der Waals surface area (Å²) < 4.78 is 54.5. The molecule has 1 spiro atoms. The van der Waals surface area contributed by atoms with Crippen LogP contribution in [0.15, 0.2) is 23.8 Å². The van der Waals surface area contributed by atoms with Crippen LogP contribution in [0.5, 0.6) is 23.0 Å². The van der Waals surface area contributed by atoms with Gasteiger partial charge in [0.2, 0.25) is 5.79 Å². The van der Waals surface area contributed by atoms with Gasteiger partial charge in [-0.15, -0.1) is 0 Å². The van der Waals surface area contributed by atoms with Gasteiger partial charge in [-0.1, -0.05) is 19.9 Å². The fourth-order valence-corrected chi connectivity index (χ4v) is 14.5. The molecule has 74 heavy (non-hydrogen) atoms. The molecule has 14 unspecified atom stereocenters. The van der Waals surface area contributed by atoms with Gasteiger partial charge in [-0.3, -0.25) is 18.8 Å². The van der Waals surface area contributed by atoms with E-state index in [1.54, 1.807) is 26.8 Å². The average Bonchev–Trinajstić information content (AvgIpc) is 3.47. The van der Waals surface area contributed by atoms with Crippen LogP contribution in [-0.4, -0.2) is 165 Å². The highest BCUT2D eigenvalue weighted by molar-refractivity contribution is 7.79. The second-order valence-corrected chi connectivity index (χ2v) is 22.9. The highest BCUT2D eigenvalue weighted by atomic mass is 32.3. The number of esters is 2. The molecule has 7 fully saturated rings. The van der Waals surface area contributed by atoms with Crippen LogP contribution in [0.3, 0.4) is 0 Å². The van der Waals surface area contributed by atoms with Crippen LogP contribution in [0, 0.1) is 49.9 Å². The van der Waals surface area contributed by atoms with Gasteiger partial charge in [0.1, 0.15) is 56.5 Å². The Bertz CT molecular complexity index is 2770. The number of hydrogen-bond donors (Lipinski definition) is 11. The molecule has 4 aliphatic carbocycles. The Kier molecular flexibility index (Phi) is 14.6. The number of aldehydes is 1. The summed E-state index contributed by atoms with van der Waals surface area (Å²) in [5.74, 6) is -7.42. The molecule has 2 aromatic rings. The van der Waals surface area contributed by atoms with Crippen molar-refractivity contribution in [2.24, 2.45) is 29.1 Å². The number of aliphatic hydroxyl groups excluding tert-OH is 1. The van der Waals surface area contributed by atoms with Crippen LogP contribution in [-0.2, 0) is 24.7 Å². The van der Waals surface area contributed by atoms with Crippen LogP contribution in [0.25, 0.3) is 0 Å². The van der Waals surface area contributed by atoms with Crippen LogP contribution < -0.4 is 9.47 Å². The van der Waals surface area contributed by atoms with Crippen molar-refractivity contribution in [1.29, 1.82) is 0 Å². The van der Waals surface area contributed by atoms with E-state index in [1.165, 1.54) is 40.0 Å². The lowest BCUT2D eigenvalue weighted by Gasteiger charge is -2.68. The van der Waals surface area contributed by atoms with E-state index in [1.807, 2.05) is 6.92 Å². The van der Waals surface area contributed by atoms with Crippen LogP contribution >= 0.6 is 0 Å². The molecule has 9 rings (SSSR count). The molecule has 3 aliphatic heterocycles. The van der Waals surface area contributed by atoms with Crippen molar-refractivity contribution in [3.63, 3.8) is 0 Å². The summed E-state index contributed by atoms with van der Waals surface area (Å²) in [5.41, 5.74) is -9.26. The Labute approximate surface area is 428 Å². The maximum absolute atomic E-state index is 12.9. The zero-order valence-corrected chi connectivity index (χ0v) is 43.6. The number of carboxylic acid groups (broad SMARTS) is 1. The van der Waals surface area contributed by atoms with E-state index in [-0.39, 0.29) is 64.7 Å². The van der Waals surface area contributed by atoms with Gasteiger partial charge in [-0.2, -0.15) is 8.42 Å².